The number of methoxy groups -OCH3 is 1. The van der Waals surface area contributed by atoms with Gasteiger partial charge in [-0.1, -0.05) is 23.7 Å². The maximum absolute atomic E-state index is 14.0. The summed E-state index contributed by atoms with van der Waals surface area (Å²) in [5, 5.41) is 4.98. The van der Waals surface area contributed by atoms with Crippen LogP contribution in [0.1, 0.15) is 11.1 Å². The van der Waals surface area contributed by atoms with E-state index in [2.05, 4.69) is 5.10 Å². The van der Waals surface area contributed by atoms with Crippen LogP contribution in [0.5, 0.6) is 5.75 Å². The molecular weight excluding hydrogens is 357 g/mol. The largest absolute Gasteiger partial charge is 0.494 e. The number of ether oxygens (including phenoxy) is 1. The second-order valence-corrected chi connectivity index (χ2v) is 6.13. The van der Waals surface area contributed by atoms with E-state index in [1.807, 2.05) is 12.1 Å². The fraction of sp³-hybridized carbons (Fsp3) is 0.158. The van der Waals surface area contributed by atoms with Gasteiger partial charge in [0.25, 0.3) is 5.56 Å². The normalized spacial score (nSPS) is 10.8. The van der Waals surface area contributed by atoms with E-state index in [9.17, 15) is 9.18 Å². The summed E-state index contributed by atoms with van der Waals surface area (Å²) in [7, 11) is 1.40. The van der Waals surface area contributed by atoms with Crippen LogP contribution in [0.4, 0.5) is 4.39 Å². The second-order valence-electron chi connectivity index (χ2n) is 5.70. The molecule has 0 bridgehead atoms. The number of benzene rings is 2. The van der Waals surface area contributed by atoms with Crippen molar-refractivity contribution in [3.05, 3.63) is 80.9 Å². The van der Waals surface area contributed by atoms with Crippen LogP contribution in [-0.4, -0.2) is 16.9 Å². The minimum Gasteiger partial charge on any atom is -0.494 e. The summed E-state index contributed by atoms with van der Waals surface area (Å²) in [5.74, 6) is -0.362. The highest BCUT2D eigenvalue weighted by Crippen LogP contribution is 2.24. The molecule has 7 heteroatoms. The van der Waals surface area contributed by atoms with Crippen molar-refractivity contribution in [1.29, 1.82) is 0 Å². The van der Waals surface area contributed by atoms with Gasteiger partial charge in [-0.25, -0.2) is 9.07 Å². The lowest BCUT2D eigenvalue weighted by Gasteiger charge is -2.11. The first kappa shape index (κ1) is 18.1. The van der Waals surface area contributed by atoms with Crippen LogP contribution in [0, 0.1) is 5.82 Å². The molecular formula is C19H17ClFN3O2. The number of halogens is 2. The Morgan fingerprint density at radius 3 is 2.54 bits per heavy atom. The zero-order valence-electron chi connectivity index (χ0n) is 14.1. The Bertz CT molecular complexity index is 987. The number of nitrogens with two attached hydrogens (primary N) is 1. The summed E-state index contributed by atoms with van der Waals surface area (Å²) in [6, 6.07) is 13.2. The molecule has 5 nitrogen and oxygen atoms in total. The van der Waals surface area contributed by atoms with E-state index in [1.165, 1.54) is 23.9 Å². The highest BCUT2D eigenvalue weighted by Gasteiger charge is 2.12. The molecule has 3 rings (SSSR count). The topological polar surface area (TPSA) is 70.1 Å². The molecule has 26 heavy (non-hydrogen) atoms. The third kappa shape index (κ3) is 3.76. The first-order valence-corrected chi connectivity index (χ1v) is 8.29. The summed E-state index contributed by atoms with van der Waals surface area (Å²) >= 11 is 5.89. The molecule has 3 aromatic rings. The van der Waals surface area contributed by atoms with E-state index >= 15 is 0 Å². The van der Waals surface area contributed by atoms with Gasteiger partial charge in [0.15, 0.2) is 11.6 Å². The summed E-state index contributed by atoms with van der Waals surface area (Å²) < 4.78 is 20.3. The number of hydrogen-bond acceptors (Lipinski definition) is 4. The molecule has 0 radical (unpaired) electrons. The van der Waals surface area contributed by atoms with Crippen LogP contribution < -0.4 is 16.0 Å². The second kappa shape index (κ2) is 7.68. The van der Waals surface area contributed by atoms with Crippen molar-refractivity contribution in [3.63, 3.8) is 0 Å². The fourth-order valence-corrected chi connectivity index (χ4v) is 2.71. The lowest BCUT2D eigenvalue weighted by molar-refractivity contribution is 0.386. The van der Waals surface area contributed by atoms with Gasteiger partial charge in [-0.05, 0) is 42.0 Å². The number of hydrogen-bond donors (Lipinski definition) is 1. The van der Waals surface area contributed by atoms with Crippen LogP contribution >= 0.6 is 11.6 Å². The van der Waals surface area contributed by atoms with Crippen molar-refractivity contribution in [2.24, 2.45) is 5.73 Å². The molecule has 0 saturated carbocycles. The number of aromatic nitrogens is 2. The minimum atomic E-state index is -0.503. The molecule has 0 saturated heterocycles. The van der Waals surface area contributed by atoms with Crippen LogP contribution in [0.2, 0.25) is 5.02 Å². The van der Waals surface area contributed by atoms with E-state index in [4.69, 9.17) is 22.1 Å². The first-order chi connectivity index (χ1) is 12.5. The quantitative estimate of drug-likeness (QED) is 0.745. The Morgan fingerprint density at radius 1 is 1.19 bits per heavy atom. The molecule has 0 aliphatic heterocycles. The Balaban J connectivity index is 2.05. The molecule has 1 heterocycles. The van der Waals surface area contributed by atoms with Crippen LogP contribution in [0.15, 0.2) is 53.3 Å². The zero-order chi connectivity index (χ0) is 18.7. The summed E-state index contributed by atoms with van der Waals surface area (Å²) in [6.07, 6.45) is 0. The van der Waals surface area contributed by atoms with Gasteiger partial charge >= 0.3 is 0 Å². The van der Waals surface area contributed by atoms with Crippen molar-refractivity contribution in [2.45, 2.75) is 13.1 Å². The molecule has 2 N–H and O–H groups in total. The molecule has 1 aromatic heterocycles. The molecule has 0 unspecified atom stereocenters. The maximum Gasteiger partial charge on any atom is 0.271 e. The maximum atomic E-state index is 14.0. The first-order valence-electron chi connectivity index (χ1n) is 7.91. The zero-order valence-corrected chi connectivity index (χ0v) is 14.8. The predicted molar refractivity (Wildman–Crippen MR) is 98.9 cm³/mol. The third-order valence-corrected chi connectivity index (χ3v) is 4.21. The summed E-state index contributed by atoms with van der Waals surface area (Å²) in [4.78, 5) is 12.5. The van der Waals surface area contributed by atoms with Gasteiger partial charge in [-0.15, -0.1) is 0 Å². The monoisotopic (exact) mass is 373 g/mol. The van der Waals surface area contributed by atoms with E-state index in [-0.39, 0.29) is 24.4 Å². The molecule has 0 spiro atoms. The summed E-state index contributed by atoms with van der Waals surface area (Å²) in [5.41, 5.74) is 7.68. The Kier molecular flexibility index (Phi) is 5.35. The highest BCUT2D eigenvalue weighted by molar-refractivity contribution is 6.30. The predicted octanol–water partition coefficient (Wildman–Crippen LogP) is 3.22. The average molecular weight is 374 g/mol. The lowest BCUT2D eigenvalue weighted by Crippen LogP contribution is -2.28. The SMILES string of the molecule is COc1ccc(-c2cc(CN)c(=O)n(Cc3ccc(Cl)cc3)n2)cc1F. The van der Waals surface area contributed by atoms with Crippen molar-refractivity contribution in [3.8, 4) is 17.0 Å². The van der Waals surface area contributed by atoms with Crippen molar-refractivity contribution in [1.82, 2.24) is 9.78 Å². The van der Waals surface area contributed by atoms with Gasteiger partial charge in [0.2, 0.25) is 0 Å². The van der Waals surface area contributed by atoms with Crippen LogP contribution in [-0.2, 0) is 13.1 Å². The van der Waals surface area contributed by atoms with Crippen LogP contribution in [0.3, 0.4) is 0 Å². The van der Waals surface area contributed by atoms with Crippen molar-refractivity contribution < 1.29 is 9.13 Å². The smallest absolute Gasteiger partial charge is 0.271 e. The fourth-order valence-electron chi connectivity index (χ4n) is 2.58. The number of rotatable bonds is 5. The lowest BCUT2D eigenvalue weighted by atomic mass is 10.1. The van der Waals surface area contributed by atoms with E-state index < -0.39 is 5.82 Å². The van der Waals surface area contributed by atoms with E-state index in [0.29, 0.717) is 21.8 Å². The molecule has 0 aliphatic rings. The van der Waals surface area contributed by atoms with Crippen LogP contribution in [0.25, 0.3) is 11.3 Å². The third-order valence-electron chi connectivity index (χ3n) is 3.96. The van der Waals surface area contributed by atoms with Gasteiger partial charge in [0.05, 0.1) is 19.3 Å². The molecule has 0 aliphatic carbocycles. The van der Waals surface area contributed by atoms with Gasteiger partial charge in [0, 0.05) is 22.7 Å². The van der Waals surface area contributed by atoms with Crippen molar-refractivity contribution in [2.75, 3.05) is 7.11 Å². The minimum absolute atomic E-state index is 0.0631. The van der Waals surface area contributed by atoms with Gasteiger partial charge in [0.1, 0.15) is 0 Å². The Morgan fingerprint density at radius 2 is 1.92 bits per heavy atom. The number of nitrogens with zero attached hydrogens (tertiary/aromatic N) is 2. The molecule has 2 aromatic carbocycles. The molecule has 0 fully saturated rings. The molecule has 134 valence electrons. The van der Waals surface area contributed by atoms with Gasteiger partial charge in [-0.2, -0.15) is 5.10 Å². The van der Waals surface area contributed by atoms with E-state index in [0.717, 1.165) is 5.56 Å². The standard InChI is InChI=1S/C19H17ClFN3O2/c1-26-18-7-4-13(8-16(18)21)17-9-14(10-22)19(25)24(23-17)11-12-2-5-15(20)6-3-12/h2-9H,10-11,22H2,1H3. The Labute approximate surface area is 154 Å². The van der Waals surface area contributed by atoms with Crippen molar-refractivity contribution >= 4 is 11.6 Å². The Hall–Kier alpha value is -2.70. The van der Waals surface area contributed by atoms with Gasteiger partial charge in [-0.3, -0.25) is 4.79 Å². The summed E-state index contributed by atoms with van der Waals surface area (Å²) in [6.45, 7) is 0.323. The average Bonchev–Trinajstić information content (AvgIpc) is 2.65. The highest BCUT2D eigenvalue weighted by atomic mass is 35.5. The van der Waals surface area contributed by atoms with Gasteiger partial charge < -0.3 is 10.5 Å². The molecule has 0 amide bonds. The van der Waals surface area contributed by atoms with E-state index in [1.54, 1.807) is 24.3 Å². The molecule has 0 atom stereocenters.